The number of amides is 2. The number of ether oxygens (including phenoxy) is 1. The second-order valence-corrected chi connectivity index (χ2v) is 19.3. The lowest BCUT2D eigenvalue weighted by Gasteiger charge is -2.36. The van der Waals surface area contributed by atoms with E-state index in [4.69, 9.17) is 9.16 Å². The summed E-state index contributed by atoms with van der Waals surface area (Å²) in [5.74, 6) is 0.705. The minimum Gasteiger partial charge on any atom is -0.544 e. The maximum Gasteiger partial charge on any atom is 0.417 e. The van der Waals surface area contributed by atoms with E-state index in [0.29, 0.717) is 11.4 Å². The van der Waals surface area contributed by atoms with Gasteiger partial charge in [0, 0.05) is 5.69 Å². The van der Waals surface area contributed by atoms with Crippen LogP contribution in [0.3, 0.4) is 0 Å². The number of nitrogens with zero attached hydrogens (tertiary/aromatic N) is 1. The molecule has 4 aromatic carbocycles. The van der Waals surface area contributed by atoms with Crippen molar-refractivity contribution in [1.82, 2.24) is 4.90 Å². The number of imide groups is 1. The van der Waals surface area contributed by atoms with Gasteiger partial charge in [0.05, 0.1) is 6.04 Å². The maximum absolute atomic E-state index is 14.7. The lowest BCUT2D eigenvalue weighted by atomic mass is 10.0. The van der Waals surface area contributed by atoms with Gasteiger partial charge in [0.15, 0.2) is 0 Å². The summed E-state index contributed by atoms with van der Waals surface area (Å²) in [4.78, 5) is 29.2. The van der Waals surface area contributed by atoms with E-state index in [9.17, 15) is 14.0 Å². The van der Waals surface area contributed by atoms with Crippen molar-refractivity contribution in [2.45, 2.75) is 62.7 Å². The fourth-order valence-electron chi connectivity index (χ4n) is 5.23. The number of nitrogens with one attached hydrogen (secondary N) is 1. The van der Waals surface area contributed by atoms with Crippen LogP contribution in [0.5, 0.6) is 5.75 Å². The van der Waals surface area contributed by atoms with Crippen LogP contribution in [0.1, 0.15) is 49.5 Å². The predicted octanol–water partition coefficient (Wildman–Crippen LogP) is 9.43. The molecule has 1 N–H and O–H groups in total. The van der Waals surface area contributed by atoms with Crippen LogP contribution in [0.2, 0.25) is 18.1 Å². The highest BCUT2D eigenvalue weighted by atomic mass is 32.2. The quantitative estimate of drug-likeness (QED) is 0.152. The summed E-state index contributed by atoms with van der Waals surface area (Å²) in [6.07, 6.45) is 0.0842. The number of carbonyl (C=O) groups excluding carboxylic acids is 2. The van der Waals surface area contributed by atoms with Crippen molar-refractivity contribution in [2.75, 3.05) is 17.7 Å². The minimum atomic E-state index is -2.08. The zero-order valence-corrected chi connectivity index (χ0v) is 29.4. The van der Waals surface area contributed by atoms with Crippen LogP contribution in [0.15, 0.2) is 109 Å². The molecule has 0 bridgehead atoms. The molecule has 246 valence electrons. The average Bonchev–Trinajstić information content (AvgIpc) is 3.44. The van der Waals surface area contributed by atoms with E-state index in [-0.39, 0.29) is 23.4 Å². The SMILES string of the molecule is CC(C)(C)[Si](C)(C)Oc1ccc([C@@H](Nc2ccc(F)cc2)[C@@H](SCCc2ccccc2)C(=O)N2C(=O)OC[C@@H]2c2ccccc2)cc1. The Hall–Kier alpha value is -4.08. The van der Waals surface area contributed by atoms with Gasteiger partial charge in [0.25, 0.3) is 0 Å². The van der Waals surface area contributed by atoms with Crippen LogP contribution >= 0.6 is 11.8 Å². The molecule has 1 fully saturated rings. The molecule has 0 aliphatic carbocycles. The van der Waals surface area contributed by atoms with Crippen molar-refractivity contribution in [1.29, 1.82) is 0 Å². The lowest BCUT2D eigenvalue weighted by Crippen LogP contribution is -2.44. The molecule has 1 saturated heterocycles. The normalized spacial score (nSPS) is 16.3. The average molecular weight is 671 g/mol. The Bertz CT molecular complexity index is 1630. The predicted molar refractivity (Wildman–Crippen MR) is 191 cm³/mol. The van der Waals surface area contributed by atoms with E-state index < -0.39 is 31.7 Å². The number of hydrogen-bond acceptors (Lipinski definition) is 6. The van der Waals surface area contributed by atoms with Gasteiger partial charge in [-0.1, -0.05) is 93.6 Å². The molecule has 9 heteroatoms. The van der Waals surface area contributed by atoms with Crippen LogP contribution in [-0.4, -0.2) is 42.8 Å². The Morgan fingerprint density at radius 3 is 2.19 bits per heavy atom. The van der Waals surface area contributed by atoms with E-state index in [0.717, 1.165) is 28.9 Å². The van der Waals surface area contributed by atoms with Gasteiger partial charge >= 0.3 is 6.09 Å². The summed E-state index contributed by atoms with van der Waals surface area (Å²) in [6.45, 7) is 11.1. The Morgan fingerprint density at radius 2 is 1.57 bits per heavy atom. The van der Waals surface area contributed by atoms with Crippen molar-refractivity contribution in [3.63, 3.8) is 0 Å². The molecule has 1 aliphatic heterocycles. The number of halogens is 1. The van der Waals surface area contributed by atoms with E-state index in [1.807, 2.05) is 72.8 Å². The van der Waals surface area contributed by atoms with Crippen LogP contribution in [0, 0.1) is 5.82 Å². The summed E-state index contributed by atoms with van der Waals surface area (Å²) in [7, 11) is -2.08. The number of hydrogen-bond donors (Lipinski definition) is 1. The summed E-state index contributed by atoms with van der Waals surface area (Å²) in [5.41, 5.74) is 3.48. The zero-order valence-electron chi connectivity index (χ0n) is 27.6. The van der Waals surface area contributed by atoms with Crippen molar-refractivity contribution >= 4 is 37.8 Å². The number of thioether (sulfide) groups is 1. The molecular weight excluding hydrogens is 628 g/mol. The maximum atomic E-state index is 14.7. The van der Waals surface area contributed by atoms with Crippen molar-refractivity contribution in [3.05, 3.63) is 132 Å². The third kappa shape index (κ3) is 8.45. The Kier molecular flexibility index (Phi) is 10.8. The third-order valence-electron chi connectivity index (χ3n) is 8.96. The fraction of sp³-hybridized carbons (Fsp3) is 0.316. The monoisotopic (exact) mass is 670 g/mol. The lowest BCUT2D eigenvalue weighted by molar-refractivity contribution is -0.129. The van der Waals surface area contributed by atoms with E-state index in [1.165, 1.54) is 28.8 Å². The second kappa shape index (κ2) is 14.8. The molecule has 0 aromatic heterocycles. The molecule has 0 spiro atoms. The van der Waals surface area contributed by atoms with Crippen molar-refractivity contribution < 1.29 is 23.1 Å². The first-order valence-electron chi connectivity index (χ1n) is 15.9. The summed E-state index contributed by atoms with van der Waals surface area (Å²) >= 11 is 1.49. The highest BCUT2D eigenvalue weighted by Crippen LogP contribution is 2.39. The van der Waals surface area contributed by atoms with E-state index in [2.05, 4.69) is 51.3 Å². The smallest absolute Gasteiger partial charge is 0.417 e. The number of benzene rings is 4. The molecule has 0 radical (unpaired) electrons. The Labute approximate surface area is 282 Å². The molecule has 4 aromatic rings. The highest BCUT2D eigenvalue weighted by Gasteiger charge is 2.44. The first-order valence-corrected chi connectivity index (χ1v) is 19.9. The van der Waals surface area contributed by atoms with Gasteiger partial charge < -0.3 is 14.5 Å². The van der Waals surface area contributed by atoms with Crippen LogP contribution in [-0.2, 0) is 16.0 Å². The number of aryl methyl sites for hydroxylation is 1. The largest absolute Gasteiger partial charge is 0.544 e. The first-order chi connectivity index (χ1) is 22.4. The van der Waals surface area contributed by atoms with Crippen molar-refractivity contribution in [3.8, 4) is 5.75 Å². The number of carbonyl (C=O) groups is 2. The van der Waals surface area contributed by atoms with Gasteiger partial charge in [0.1, 0.15) is 29.5 Å². The second-order valence-electron chi connectivity index (χ2n) is 13.3. The summed E-state index contributed by atoms with van der Waals surface area (Å²) in [5, 5.41) is 2.82. The fourth-order valence-corrected chi connectivity index (χ4v) is 7.54. The van der Waals surface area contributed by atoms with E-state index in [1.54, 1.807) is 12.1 Å². The Morgan fingerprint density at radius 1 is 0.957 bits per heavy atom. The standard InChI is InChI=1S/C38H43FN2O4SSi/c1-38(2,3)47(4,5)45-32-22-16-29(17-23-32)34(40-31-20-18-30(39)19-21-31)35(46-25-24-27-12-8-6-9-13-27)36(42)41-33(26-44-37(41)43)28-14-10-7-11-15-28/h6-23,33-35,40H,24-26H2,1-5H3/t33-,34-,35-/m1/s1. The number of anilines is 1. The third-order valence-corrected chi connectivity index (χ3v) is 14.6. The molecular formula is C38H43FN2O4SSi. The zero-order chi connectivity index (χ0) is 33.6. The molecule has 1 heterocycles. The summed E-state index contributed by atoms with van der Waals surface area (Å²) in [6, 6.07) is 32.4. The van der Waals surface area contributed by atoms with Gasteiger partial charge in [-0.15, -0.1) is 11.8 Å². The highest BCUT2D eigenvalue weighted by molar-refractivity contribution is 8.00. The van der Waals surface area contributed by atoms with E-state index >= 15 is 0 Å². The molecule has 0 unspecified atom stereocenters. The molecule has 47 heavy (non-hydrogen) atoms. The molecule has 6 nitrogen and oxygen atoms in total. The molecule has 1 aliphatic rings. The van der Waals surface area contributed by atoms with Gasteiger partial charge in [0.2, 0.25) is 14.2 Å². The van der Waals surface area contributed by atoms with Crippen LogP contribution in [0.25, 0.3) is 0 Å². The van der Waals surface area contributed by atoms with Crippen molar-refractivity contribution in [2.24, 2.45) is 0 Å². The molecule has 3 atom stereocenters. The van der Waals surface area contributed by atoms with Gasteiger partial charge in [-0.25, -0.2) is 14.1 Å². The summed E-state index contributed by atoms with van der Waals surface area (Å²) < 4.78 is 25.9. The molecule has 0 saturated carbocycles. The topological polar surface area (TPSA) is 67.9 Å². The molecule has 5 rings (SSSR count). The van der Waals surface area contributed by atoms with Gasteiger partial charge in [-0.05, 0) is 83.4 Å². The van der Waals surface area contributed by atoms with Crippen LogP contribution in [0.4, 0.5) is 14.9 Å². The first kappa shape index (κ1) is 34.3. The van der Waals surface area contributed by atoms with Gasteiger partial charge in [-0.3, -0.25) is 4.79 Å². The number of rotatable bonds is 12. The minimum absolute atomic E-state index is 0.0326. The molecule has 2 amide bonds. The van der Waals surface area contributed by atoms with Gasteiger partial charge in [-0.2, -0.15) is 0 Å². The van der Waals surface area contributed by atoms with Crippen LogP contribution < -0.4 is 9.74 Å². The number of cyclic esters (lactones) is 1. The Balaban J connectivity index is 1.52.